The van der Waals surface area contributed by atoms with Gasteiger partial charge in [0.15, 0.2) is 0 Å². The van der Waals surface area contributed by atoms with E-state index in [1.807, 2.05) is 0 Å². The van der Waals surface area contributed by atoms with Gasteiger partial charge in [-0.15, -0.1) is 24.8 Å². The minimum atomic E-state index is -4.39. The lowest BCUT2D eigenvalue weighted by atomic mass is 9.98. The molecule has 0 spiro atoms. The maximum Gasteiger partial charge on any atom is 0.417 e. The Labute approximate surface area is 151 Å². The van der Waals surface area contributed by atoms with E-state index in [1.54, 1.807) is 6.07 Å². The van der Waals surface area contributed by atoms with Crippen LogP contribution in [0.25, 0.3) is 0 Å². The minimum absolute atomic E-state index is 0. The maximum absolute atomic E-state index is 12.8. The van der Waals surface area contributed by atoms with Gasteiger partial charge in [0, 0.05) is 32.2 Å². The predicted octanol–water partition coefficient (Wildman–Crippen LogP) is 4.56. The van der Waals surface area contributed by atoms with Crippen molar-refractivity contribution in [2.75, 3.05) is 26.2 Å². The lowest BCUT2D eigenvalue weighted by Gasteiger charge is -2.35. The second-order valence-corrected chi connectivity index (χ2v) is 6.21. The zero-order chi connectivity index (χ0) is 15.0. The van der Waals surface area contributed by atoms with E-state index in [0.717, 1.165) is 50.7 Å². The number of hydrogen-bond acceptors (Lipinski definition) is 2. The number of nitrogens with zero attached hydrogens (tertiary/aromatic N) is 1. The Morgan fingerprint density at radius 3 is 2.22 bits per heavy atom. The molecule has 1 N–H and O–H groups in total. The summed E-state index contributed by atoms with van der Waals surface area (Å²) in [5, 5.41) is 3.11. The Balaban J connectivity index is 0.00000132. The molecule has 1 aliphatic carbocycles. The number of halogens is 6. The van der Waals surface area contributed by atoms with Crippen molar-refractivity contribution >= 4 is 36.4 Å². The van der Waals surface area contributed by atoms with Crippen LogP contribution in [0, 0.1) is 5.92 Å². The van der Waals surface area contributed by atoms with Crippen LogP contribution in [-0.4, -0.2) is 31.1 Å². The Morgan fingerprint density at radius 1 is 1.13 bits per heavy atom. The predicted molar refractivity (Wildman–Crippen MR) is 90.9 cm³/mol. The summed E-state index contributed by atoms with van der Waals surface area (Å²) < 4.78 is 38.4. The van der Waals surface area contributed by atoms with E-state index in [-0.39, 0.29) is 35.9 Å². The van der Waals surface area contributed by atoms with Gasteiger partial charge >= 0.3 is 6.18 Å². The number of alkyl halides is 3. The van der Waals surface area contributed by atoms with Crippen LogP contribution in [0.2, 0.25) is 5.02 Å². The second kappa shape index (κ2) is 8.26. The molecule has 0 unspecified atom stereocenters. The van der Waals surface area contributed by atoms with Crippen LogP contribution in [0.15, 0.2) is 18.2 Å². The van der Waals surface area contributed by atoms with E-state index < -0.39 is 11.7 Å². The van der Waals surface area contributed by atoms with Gasteiger partial charge in [0.05, 0.1) is 10.6 Å². The van der Waals surface area contributed by atoms with Gasteiger partial charge in [0.1, 0.15) is 0 Å². The first-order valence-corrected chi connectivity index (χ1v) is 7.66. The number of hydrogen-bond donors (Lipinski definition) is 1. The van der Waals surface area contributed by atoms with Crippen LogP contribution in [-0.2, 0) is 6.18 Å². The molecule has 132 valence electrons. The lowest BCUT2D eigenvalue weighted by molar-refractivity contribution is -0.137. The quantitative estimate of drug-likeness (QED) is 0.812. The van der Waals surface area contributed by atoms with Crippen molar-refractivity contribution in [3.8, 4) is 0 Å². The van der Waals surface area contributed by atoms with Gasteiger partial charge < -0.3 is 5.32 Å². The summed E-state index contributed by atoms with van der Waals surface area (Å²) in [6.45, 7) is 3.72. The molecule has 1 saturated heterocycles. The summed E-state index contributed by atoms with van der Waals surface area (Å²) in [5.74, 6) is 0.552. The Hall–Kier alpha value is -0.200. The van der Waals surface area contributed by atoms with Gasteiger partial charge in [-0.2, -0.15) is 13.2 Å². The van der Waals surface area contributed by atoms with E-state index in [4.69, 9.17) is 11.6 Å². The summed E-state index contributed by atoms with van der Waals surface area (Å²) in [5.41, 5.74) is 0.167. The molecule has 0 bridgehead atoms. The first-order chi connectivity index (χ1) is 9.97. The van der Waals surface area contributed by atoms with Crippen LogP contribution < -0.4 is 5.32 Å². The van der Waals surface area contributed by atoms with Gasteiger partial charge in [0.2, 0.25) is 0 Å². The summed E-state index contributed by atoms with van der Waals surface area (Å²) in [6.07, 6.45) is -2.10. The van der Waals surface area contributed by atoms with Crippen molar-refractivity contribution < 1.29 is 13.2 Å². The summed E-state index contributed by atoms with van der Waals surface area (Å²) in [6, 6.07) is 4.43. The van der Waals surface area contributed by atoms with Gasteiger partial charge in [0.25, 0.3) is 0 Å². The molecule has 2 aliphatic rings. The topological polar surface area (TPSA) is 15.3 Å². The molecule has 1 saturated carbocycles. The second-order valence-electron chi connectivity index (χ2n) is 5.81. The van der Waals surface area contributed by atoms with Crippen LogP contribution in [0.5, 0.6) is 0 Å². The zero-order valence-corrected chi connectivity index (χ0v) is 14.8. The van der Waals surface area contributed by atoms with E-state index in [9.17, 15) is 13.2 Å². The Morgan fingerprint density at radius 2 is 1.74 bits per heavy atom. The van der Waals surface area contributed by atoms with Crippen LogP contribution in [0.4, 0.5) is 13.2 Å². The molecule has 1 aromatic carbocycles. The SMILES string of the molecule is Cl.Cl.FC(F)(F)c1ccc([C@H](C2CC2)N2CCNCC2)cc1Cl. The third-order valence-corrected chi connectivity index (χ3v) is 4.57. The smallest absolute Gasteiger partial charge is 0.314 e. The number of piperazine rings is 1. The number of benzene rings is 1. The molecular formula is C15H20Cl3F3N2. The molecule has 1 heterocycles. The van der Waals surface area contributed by atoms with Crippen molar-refractivity contribution in [2.45, 2.75) is 25.1 Å². The Bertz CT molecular complexity index is 515. The highest BCUT2D eigenvalue weighted by Gasteiger charge is 2.38. The first kappa shape index (κ1) is 20.8. The van der Waals surface area contributed by atoms with Gasteiger partial charge in [-0.05, 0) is 36.5 Å². The molecular weight excluding hydrogens is 372 g/mol. The summed E-state index contributed by atoms with van der Waals surface area (Å²) in [7, 11) is 0. The van der Waals surface area contributed by atoms with Crippen molar-refractivity contribution in [1.82, 2.24) is 10.2 Å². The number of rotatable bonds is 3. The van der Waals surface area contributed by atoms with Gasteiger partial charge in [-0.3, -0.25) is 4.90 Å². The minimum Gasteiger partial charge on any atom is -0.314 e. The fourth-order valence-corrected chi connectivity index (χ4v) is 3.39. The lowest BCUT2D eigenvalue weighted by Crippen LogP contribution is -2.45. The average Bonchev–Trinajstić information content (AvgIpc) is 3.23. The fourth-order valence-electron chi connectivity index (χ4n) is 3.10. The van der Waals surface area contributed by atoms with Crippen molar-refractivity contribution in [2.24, 2.45) is 5.92 Å². The van der Waals surface area contributed by atoms with E-state index >= 15 is 0 Å². The van der Waals surface area contributed by atoms with Crippen molar-refractivity contribution in [1.29, 1.82) is 0 Å². The van der Waals surface area contributed by atoms with E-state index in [0.29, 0.717) is 5.92 Å². The summed E-state index contributed by atoms with van der Waals surface area (Å²) >= 11 is 5.87. The first-order valence-electron chi connectivity index (χ1n) is 7.28. The number of nitrogens with one attached hydrogen (secondary N) is 1. The van der Waals surface area contributed by atoms with Crippen molar-refractivity contribution in [3.05, 3.63) is 34.3 Å². The molecule has 3 rings (SSSR count). The van der Waals surface area contributed by atoms with E-state index in [2.05, 4.69) is 10.2 Å². The third-order valence-electron chi connectivity index (χ3n) is 4.25. The molecule has 1 atom stereocenters. The zero-order valence-electron chi connectivity index (χ0n) is 12.4. The fraction of sp³-hybridized carbons (Fsp3) is 0.600. The molecule has 1 aromatic rings. The average molecular weight is 392 g/mol. The van der Waals surface area contributed by atoms with Crippen molar-refractivity contribution in [3.63, 3.8) is 0 Å². The van der Waals surface area contributed by atoms with E-state index in [1.165, 1.54) is 6.07 Å². The molecule has 0 radical (unpaired) electrons. The van der Waals surface area contributed by atoms with Gasteiger partial charge in [-0.1, -0.05) is 17.7 Å². The molecule has 23 heavy (non-hydrogen) atoms. The Kier molecular flexibility index (Phi) is 7.48. The highest BCUT2D eigenvalue weighted by Crippen LogP contribution is 2.46. The van der Waals surface area contributed by atoms with Crippen LogP contribution in [0.1, 0.15) is 30.0 Å². The van der Waals surface area contributed by atoms with Gasteiger partial charge in [-0.25, -0.2) is 0 Å². The largest absolute Gasteiger partial charge is 0.417 e. The molecule has 0 aromatic heterocycles. The highest BCUT2D eigenvalue weighted by atomic mass is 35.5. The molecule has 8 heteroatoms. The normalized spacial score (nSPS) is 20.3. The highest BCUT2D eigenvalue weighted by molar-refractivity contribution is 6.31. The molecule has 2 fully saturated rings. The maximum atomic E-state index is 12.8. The standard InChI is InChI=1S/C15H18ClF3N2.2ClH/c16-13-9-11(3-4-12(13)15(17,18)19)14(10-1-2-10)21-7-5-20-6-8-21;;/h3-4,9-10,14,20H,1-2,5-8H2;2*1H/t14-;;/m0../s1. The summed E-state index contributed by atoms with van der Waals surface area (Å²) in [4.78, 5) is 2.37. The monoisotopic (exact) mass is 390 g/mol. The van der Waals surface area contributed by atoms with Crippen LogP contribution >= 0.6 is 36.4 Å². The van der Waals surface area contributed by atoms with Crippen LogP contribution in [0.3, 0.4) is 0 Å². The molecule has 1 aliphatic heterocycles. The molecule has 0 amide bonds. The molecule has 2 nitrogen and oxygen atoms in total. The third kappa shape index (κ3) is 4.89.